The zero-order chi connectivity index (χ0) is 21.3. The number of carbonyl (C=O) groups is 1. The fraction of sp³-hybridized carbons (Fsp3) is 0.208. The molecule has 0 saturated carbocycles. The molecule has 0 aliphatic carbocycles. The molecule has 0 spiro atoms. The van der Waals surface area contributed by atoms with Crippen molar-refractivity contribution >= 4 is 17.7 Å². The van der Waals surface area contributed by atoms with Crippen LogP contribution in [-0.2, 0) is 12.3 Å². The van der Waals surface area contributed by atoms with Gasteiger partial charge in [-0.05, 0) is 42.0 Å². The smallest absolute Gasteiger partial charge is 0.251 e. The Morgan fingerprint density at radius 2 is 1.53 bits per heavy atom. The molecule has 1 N–H and O–H groups in total. The lowest BCUT2D eigenvalue weighted by molar-refractivity contribution is 0.0950. The van der Waals surface area contributed by atoms with Gasteiger partial charge >= 0.3 is 0 Å². The van der Waals surface area contributed by atoms with Crippen molar-refractivity contribution in [3.8, 4) is 17.2 Å². The number of benzene rings is 3. The maximum Gasteiger partial charge on any atom is 0.251 e. The Hall–Kier alpha value is -3.12. The van der Waals surface area contributed by atoms with Crippen LogP contribution in [0.4, 0.5) is 0 Å². The molecular weight excluding hydrogens is 398 g/mol. The van der Waals surface area contributed by atoms with Gasteiger partial charge in [0.2, 0.25) is 5.75 Å². The van der Waals surface area contributed by atoms with Gasteiger partial charge in [0.05, 0.1) is 21.3 Å². The minimum atomic E-state index is -0.144. The molecule has 0 unspecified atom stereocenters. The van der Waals surface area contributed by atoms with Crippen molar-refractivity contribution < 1.29 is 19.0 Å². The van der Waals surface area contributed by atoms with E-state index in [2.05, 4.69) is 17.4 Å². The Bertz CT molecular complexity index is 975. The maximum atomic E-state index is 12.6. The van der Waals surface area contributed by atoms with E-state index in [4.69, 9.17) is 14.2 Å². The van der Waals surface area contributed by atoms with E-state index in [9.17, 15) is 4.79 Å². The van der Waals surface area contributed by atoms with Gasteiger partial charge in [-0.1, -0.05) is 30.3 Å². The predicted molar refractivity (Wildman–Crippen MR) is 120 cm³/mol. The molecule has 0 fully saturated rings. The number of carbonyl (C=O) groups excluding carboxylic acids is 1. The SMILES string of the molecule is COc1ccc(CNC(=O)c2ccc(CSc3ccccc3)cc2)c(OC)c1OC. The van der Waals surface area contributed by atoms with Crippen LogP contribution in [0.15, 0.2) is 71.6 Å². The second-order valence-corrected chi connectivity index (χ2v) is 7.52. The van der Waals surface area contributed by atoms with Gasteiger partial charge in [0.1, 0.15) is 0 Å². The van der Waals surface area contributed by atoms with Gasteiger partial charge in [-0.3, -0.25) is 4.79 Å². The fourth-order valence-corrected chi connectivity index (χ4v) is 3.89. The van der Waals surface area contributed by atoms with Crippen LogP contribution < -0.4 is 19.5 Å². The molecule has 5 nitrogen and oxygen atoms in total. The number of nitrogens with one attached hydrogen (secondary N) is 1. The first-order valence-corrected chi connectivity index (χ1v) is 10.5. The van der Waals surface area contributed by atoms with Crippen molar-refractivity contribution in [1.82, 2.24) is 5.32 Å². The summed E-state index contributed by atoms with van der Waals surface area (Å²) in [6, 6.07) is 21.6. The molecule has 0 heterocycles. The van der Waals surface area contributed by atoms with Gasteiger partial charge in [0, 0.05) is 28.3 Å². The quantitative estimate of drug-likeness (QED) is 0.494. The second-order valence-electron chi connectivity index (χ2n) is 6.47. The summed E-state index contributed by atoms with van der Waals surface area (Å²) in [5.74, 6) is 2.34. The minimum Gasteiger partial charge on any atom is -0.493 e. The molecule has 0 bridgehead atoms. The lowest BCUT2D eigenvalue weighted by atomic mass is 10.1. The van der Waals surface area contributed by atoms with E-state index in [0.29, 0.717) is 29.4 Å². The topological polar surface area (TPSA) is 56.8 Å². The summed E-state index contributed by atoms with van der Waals surface area (Å²) in [6.45, 7) is 0.313. The Morgan fingerprint density at radius 3 is 2.17 bits per heavy atom. The standard InChI is InChI=1S/C24H25NO4S/c1-27-21-14-13-19(22(28-2)23(21)29-3)15-25-24(26)18-11-9-17(10-12-18)16-30-20-7-5-4-6-8-20/h4-14H,15-16H2,1-3H3,(H,25,26). The predicted octanol–water partition coefficient (Wildman–Crippen LogP) is 4.93. The van der Waals surface area contributed by atoms with Crippen molar-refractivity contribution in [3.05, 3.63) is 83.4 Å². The van der Waals surface area contributed by atoms with Crippen molar-refractivity contribution in [1.29, 1.82) is 0 Å². The van der Waals surface area contributed by atoms with Crippen LogP contribution in [0.5, 0.6) is 17.2 Å². The van der Waals surface area contributed by atoms with E-state index in [1.165, 1.54) is 10.5 Å². The Kier molecular flexibility index (Phi) is 7.63. The third-order valence-corrected chi connectivity index (χ3v) is 5.67. The van der Waals surface area contributed by atoms with Crippen molar-refractivity contribution in [2.75, 3.05) is 21.3 Å². The molecule has 0 atom stereocenters. The normalized spacial score (nSPS) is 10.4. The van der Waals surface area contributed by atoms with Crippen LogP contribution >= 0.6 is 11.8 Å². The summed E-state index contributed by atoms with van der Waals surface area (Å²) in [5.41, 5.74) is 2.59. The van der Waals surface area contributed by atoms with Crippen LogP contribution in [0.1, 0.15) is 21.5 Å². The summed E-state index contributed by atoms with van der Waals surface area (Å²) in [6.07, 6.45) is 0. The van der Waals surface area contributed by atoms with Crippen molar-refractivity contribution in [2.24, 2.45) is 0 Å². The number of thioether (sulfide) groups is 1. The number of hydrogen-bond donors (Lipinski definition) is 1. The van der Waals surface area contributed by atoms with Crippen LogP contribution in [0.3, 0.4) is 0 Å². The fourth-order valence-electron chi connectivity index (χ4n) is 3.02. The van der Waals surface area contributed by atoms with Crippen LogP contribution in [0, 0.1) is 0 Å². The van der Waals surface area contributed by atoms with Gasteiger partial charge in [-0.2, -0.15) is 0 Å². The maximum absolute atomic E-state index is 12.6. The summed E-state index contributed by atoms with van der Waals surface area (Å²) in [7, 11) is 4.69. The van der Waals surface area contributed by atoms with Crippen LogP contribution in [-0.4, -0.2) is 27.2 Å². The molecule has 156 valence electrons. The zero-order valence-corrected chi connectivity index (χ0v) is 18.1. The second kappa shape index (κ2) is 10.6. The number of methoxy groups -OCH3 is 3. The summed E-state index contributed by atoms with van der Waals surface area (Å²) in [5, 5.41) is 2.94. The highest BCUT2D eigenvalue weighted by atomic mass is 32.2. The average molecular weight is 424 g/mol. The molecule has 6 heteroatoms. The molecule has 0 saturated heterocycles. The average Bonchev–Trinajstić information content (AvgIpc) is 2.81. The molecule has 30 heavy (non-hydrogen) atoms. The Labute approximate surface area is 181 Å². The van der Waals surface area contributed by atoms with E-state index in [1.807, 2.05) is 48.5 Å². The summed E-state index contributed by atoms with van der Waals surface area (Å²) < 4.78 is 16.2. The number of rotatable bonds is 9. The highest BCUT2D eigenvalue weighted by molar-refractivity contribution is 7.98. The van der Waals surface area contributed by atoms with Gasteiger partial charge in [0.25, 0.3) is 5.91 Å². The third-order valence-electron chi connectivity index (χ3n) is 4.59. The molecule has 0 radical (unpaired) electrons. The van der Waals surface area contributed by atoms with Gasteiger partial charge < -0.3 is 19.5 Å². The molecule has 3 rings (SSSR count). The molecule has 3 aromatic carbocycles. The van der Waals surface area contributed by atoms with Gasteiger partial charge in [0.15, 0.2) is 11.5 Å². The number of amides is 1. The molecule has 0 aromatic heterocycles. The van der Waals surface area contributed by atoms with Crippen LogP contribution in [0.25, 0.3) is 0 Å². The zero-order valence-electron chi connectivity index (χ0n) is 17.3. The summed E-state index contributed by atoms with van der Waals surface area (Å²) in [4.78, 5) is 13.8. The van der Waals surface area contributed by atoms with E-state index in [-0.39, 0.29) is 5.91 Å². The van der Waals surface area contributed by atoms with Gasteiger partial charge in [-0.25, -0.2) is 0 Å². The van der Waals surface area contributed by atoms with Crippen LogP contribution in [0.2, 0.25) is 0 Å². The Morgan fingerprint density at radius 1 is 0.833 bits per heavy atom. The Balaban J connectivity index is 1.61. The first-order valence-electron chi connectivity index (χ1n) is 9.49. The number of ether oxygens (including phenoxy) is 3. The largest absolute Gasteiger partial charge is 0.493 e. The molecule has 3 aromatic rings. The third kappa shape index (κ3) is 5.27. The van der Waals surface area contributed by atoms with Crippen molar-refractivity contribution in [3.63, 3.8) is 0 Å². The van der Waals surface area contributed by atoms with E-state index >= 15 is 0 Å². The molecule has 1 amide bonds. The van der Waals surface area contributed by atoms with Gasteiger partial charge in [-0.15, -0.1) is 11.8 Å². The number of hydrogen-bond acceptors (Lipinski definition) is 5. The first-order chi connectivity index (χ1) is 14.7. The van der Waals surface area contributed by atoms with E-state index in [0.717, 1.165) is 11.3 Å². The van der Waals surface area contributed by atoms with Crippen molar-refractivity contribution in [2.45, 2.75) is 17.2 Å². The minimum absolute atomic E-state index is 0.144. The van der Waals surface area contributed by atoms with E-state index < -0.39 is 0 Å². The summed E-state index contributed by atoms with van der Waals surface area (Å²) >= 11 is 1.77. The highest BCUT2D eigenvalue weighted by Gasteiger charge is 2.16. The first kappa shape index (κ1) is 21.6. The lowest BCUT2D eigenvalue weighted by Gasteiger charge is -2.16. The van der Waals surface area contributed by atoms with E-state index in [1.54, 1.807) is 39.2 Å². The molecule has 0 aliphatic rings. The monoisotopic (exact) mass is 423 g/mol. The highest BCUT2D eigenvalue weighted by Crippen LogP contribution is 2.39. The molecule has 0 aliphatic heterocycles. The molecular formula is C24H25NO4S. The lowest BCUT2D eigenvalue weighted by Crippen LogP contribution is -2.23.